The molecule has 0 unspecified atom stereocenters. The Kier molecular flexibility index (Phi) is 6.90. The Balaban J connectivity index is 4.58. The number of halogens is 2. The molecule has 0 aromatic carbocycles. The molecule has 0 saturated heterocycles. The summed E-state index contributed by atoms with van der Waals surface area (Å²) in [6.45, 7) is 6.94. The molecule has 0 heterocycles. The van der Waals surface area contributed by atoms with Gasteiger partial charge >= 0.3 is 100 Å². The molecule has 0 spiro atoms. The first-order valence-electron chi connectivity index (χ1n) is 5.32. The van der Waals surface area contributed by atoms with Crippen molar-refractivity contribution in [2.75, 3.05) is 4.12 Å². The molecular formula is C10H23AsBr2. The van der Waals surface area contributed by atoms with Crippen LogP contribution in [-0.2, 0) is 0 Å². The van der Waals surface area contributed by atoms with Crippen molar-refractivity contribution in [3.63, 3.8) is 0 Å². The first-order chi connectivity index (χ1) is 6.04. The summed E-state index contributed by atoms with van der Waals surface area (Å²) in [6, 6.07) is 0. The minimum atomic E-state index is -2.07. The summed E-state index contributed by atoms with van der Waals surface area (Å²) < 4.78 is 1.25. The predicted octanol–water partition coefficient (Wildman–Crippen LogP) is 5.44. The molecule has 3 heteroatoms. The van der Waals surface area contributed by atoms with E-state index in [1.807, 2.05) is 0 Å². The van der Waals surface area contributed by atoms with Crippen LogP contribution in [0.2, 0.25) is 15.6 Å². The molecule has 0 N–H and O–H groups in total. The maximum absolute atomic E-state index is 4.20. The third-order valence-corrected chi connectivity index (χ3v) is 30.9. The molecule has 0 radical (unpaired) electrons. The molecular weight excluding hydrogens is 355 g/mol. The van der Waals surface area contributed by atoms with Gasteiger partial charge < -0.3 is 0 Å². The molecule has 0 amide bonds. The van der Waals surface area contributed by atoms with Crippen LogP contribution in [0.4, 0.5) is 0 Å². The summed E-state index contributed by atoms with van der Waals surface area (Å²) in [5.41, 5.74) is 0. The monoisotopic (exact) mass is 376 g/mol. The van der Waals surface area contributed by atoms with Crippen LogP contribution in [0.5, 0.6) is 0 Å². The molecule has 0 aliphatic rings. The van der Waals surface area contributed by atoms with E-state index in [0.29, 0.717) is 0 Å². The van der Waals surface area contributed by atoms with E-state index >= 15 is 0 Å². The average molecular weight is 378 g/mol. The average Bonchev–Trinajstić information content (AvgIpc) is 2.06. The summed E-state index contributed by atoms with van der Waals surface area (Å²) in [7, 11) is -2.07. The Morgan fingerprint density at radius 3 is 1.31 bits per heavy atom. The molecule has 0 aliphatic carbocycles. The van der Waals surface area contributed by atoms with Crippen molar-refractivity contribution in [3.05, 3.63) is 0 Å². The summed E-state index contributed by atoms with van der Waals surface area (Å²) >= 11 is 7.97. The summed E-state index contributed by atoms with van der Waals surface area (Å²) in [5.74, 6) is 0. The standard InChI is InChI=1S/C10H23AsBr2/c1-4-7-11(13,10-12,8-5-2)9-6-3/h4-10H2,1-3H3. The minimum absolute atomic E-state index is 1.25. The van der Waals surface area contributed by atoms with Crippen LogP contribution in [0.15, 0.2) is 0 Å². The molecule has 0 bridgehead atoms. The normalized spacial score (nSPS) is 15.3. The fraction of sp³-hybridized carbons (Fsp3) is 1.00. The van der Waals surface area contributed by atoms with Crippen molar-refractivity contribution in [1.82, 2.24) is 0 Å². The van der Waals surface area contributed by atoms with Gasteiger partial charge in [0.15, 0.2) is 0 Å². The Hall–Kier alpha value is 1.52. The van der Waals surface area contributed by atoms with E-state index < -0.39 is 10.6 Å². The van der Waals surface area contributed by atoms with Gasteiger partial charge in [-0.1, -0.05) is 0 Å². The van der Waals surface area contributed by atoms with Gasteiger partial charge in [-0.05, 0) is 0 Å². The van der Waals surface area contributed by atoms with Crippen molar-refractivity contribution in [3.8, 4) is 0 Å². The van der Waals surface area contributed by atoms with E-state index in [2.05, 4.69) is 50.6 Å². The Bertz CT molecular complexity index is 128. The van der Waals surface area contributed by atoms with E-state index in [9.17, 15) is 0 Å². The third-order valence-electron chi connectivity index (χ3n) is 2.65. The van der Waals surface area contributed by atoms with Gasteiger partial charge in [0.05, 0.1) is 0 Å². The van der Waals surface area contributed by atoms with Crippen LogP contribution in [0.25, 0.3) is 0 Å². The first-order valence-corrected chi connectivity index (χ1v) is 16.1. The molecule has 0 aromatic rings. The van der Waals surface area contributed by atoms with Crippen molar-refractivity contribution in [2.45, 2.75) is 55.7 Å². The van der Waals surface area contributed by atoms with Crippen molar-refractivity contribution in [2.24, 2.45) is 0 Å². The van der Waals surface area contributed by atoms with Gasteiger partial charge in [-0.3, -0.25) is 0 Å². The molecule has 13 heavy (non-hydrogen) atoms. The predicted molar refractivity (Wildman–Crippen MR) is 73.8 cm³/mol. The molecule has 0 aromatic heterocycles. The number of hydrogen-bond acceptors (Lipinski definition) is 0. The van der Waals surface area contributed by atoms with Crippen LogP contribution in [-0.4, -0.2) is 14.7 Å². The van der Waals surface area contributed by atoms with Gasteiger partial charge in [-0.2, -0.15) is 0 Å². The SMILES string of the molecule is CCC[As](Br)(CBr)(CCC)CCC. The van der Waals surface area contributed by atoms with Gasteiger partial charge in [0, 0.05) is 0 Å². The first kappa shape index (κ1) is 14.5. The molecule has 82 valence electrons. The second-order valence-corrected chi connectivity index (χ2v) is 28.1. The van der Waals surface area contributed by atoms with Gasteiger partial charge in [-0.25, -0.2) is 0 Å². The Morgan fingerprint density at radius 2 is 1.15 bits per heavy atom. The zero-order chi connectivity index (χ0) is 10.4. The van der Waals surface area contributed by atoms with Gasteiger partial charge in [0.25, 0.3) is 0 Å². The van der Waals surface area contributed by atoms with E-state index in [4.69, 9.17) is 0 Å². The molecule has 0 atom stereocenters. The quantitative estimate of drug-likeness (QED) is 0.409. The van der Waals surface area contributed by atoms with E-state index in [-0.39, 0.29) is 0 Å². The van der Waals surface area contributed by atoms with Crippen molar-refractivity contribution in [1.29, 1.82) is 0 Å². The number of hydrogen-bond donors (Lipinski definition) is 0. The fourth-order valence-electron chi connectivity index (χ4n) is 2.19. The molecule has 0 rings (SSSR count). The van der Waals surface area contributed by atoms with Crippen LogP contribution < -0.4 is 0 Å². The van der Waals surface area contributed by atoms with Gasteiger partial charge in [0.1, 0.15) is 0 Å². The zero-order valence-corrected chi connectivity index (χ0v) is 14.2. The van der Waals surface area contributed by atoms with E-state index in [1.165, 1.54) is 39.0 Å². The van der Waals surface area contributed by atoms with Crippen LogP contribution >= 0.6 is 29.9 Å². The second-order valence-electron chi connectivity index (χ2n) is 4.11. The topological polar surface area (TPSA) is 0 Å². The Labute approximate surface area is 99.6 Å². The molecule has 0 saturated carbocycles. The summed E-state index contributed by atoms with van der Waals surface area (Å²) in [6.07, 6.45) is 4.01. The van der Waals surface area contributed by atoms with Gasteiger partial charge in [-0.15, -0.1) is 0 Å². The maximum atomic E-state index is 4.20. The second kappa shape index (κ2) is 6.18. The van der Waals surface area contributed by atoms with Crippen LogP contribution in [0, 0.1) is 0 Å². The van der Waals surface area contributed by atoms with Crippen molar-refractivity contribution >= 4 is 40.4 Å². The zero-order valence-electron chi connectivity index (χ0n) is 9.15. The fourth-order valence-corrected chi connectivity index (χ4v) is 20.8. The van der Waals surface area contributed by atoms with E-state index in [1.54, 1.807) is 0 Å². The number of rotatable bonds is 7. The summed E-state index contributed by atoms with van der Waals surface area (Å²) in [4.78, 5) is 0. The van der Waals surface area contributed by atoms with Gasteiger partial charge in [0.2, 0.25) is 0 Å². The van der Waals surface area contributed by atoms with Crippen LogP contribution in [0.3, 0.4) is 0 Å². The Morgan fingerprint density at radius 1 is 0.846 bits per heavy atom. The number of alkyl halides is 1. The third kappa shape index (κ3) is 4.26. The van der Waals surface area contributed by atoms with E-state index in [0.717, 1.165) is 0 Å². The molecule has 0 fully saturated rings. The summed E-state index contributed by atoms with van der Waals surface area (Å²) in [5, 5.41) is 4.35. The van der Waals surface area contributed by atoms with Crippen molar-refractivity contribution < 1.29 is 0 Å². The molecule has 0 aliphatic heterocycles. The molecule has 0 nitrogen and oxygen atoms in total. The van der Waals surface area contributed by atoms with Crippen LogP contribution in [0.1, 0.15) is 40.0 Å².